The van der Waals surface area contributed by atoms with Crippen molar-refractivity contribution in [2.45, 2.75) is 123 Å². The van der Waals surface area contributed by atoms with Crippen LogP contribution in [-0.2, 0) is 19.1 Å². The highest BCUT2D eigenvalue weighted by Gasteiger charge is 2.34. The van der Waals surface area contributed by atoms with Gasteiger partial charge in [0.1, 0.15) is 6.04 Å². The maximum absolute atomic E-state index is 12.6. The van der Waals surface area contributed by atoms with Gasteiger partial charge in [-0.15, -0.1) is 0 Å². The van der Waals surface area contributed by atoms with E-state index in [0.717, 1.165) is 19.4 Å². The largest absolute Gasteiger partial charge is 0.466 e. The molecule has 198 valence electrons. The van der Waals surface area contributed by atoms with E-state index in [4.69, 9.17) is 4.74 Å². The molecule has 2 N–H and O–H groups in total. The summed E-state index contributed by atoms with van der Waals surface area (Å²) < 4.78 is 5.09. The number of unbranched alkanes of at least 4 members (excludes halogenated alkanes) is 13. The van der Waals surface area contributed by atoms with Gasteiger partial charge in [0, 0.05) is 13.1 Å². The molecule has 1 rings (SSSR count). The standard InChI is InChI=1S/C27H51N3O4/c1-3-5-6-7-8-9-10-11-12-13-14-15-16-17-18-28-23-25(31)30-20-19-29-27(33)24(30)22-26(32)34-21-4-2/h24,28H,3-23H2,1-2H3,(H,29,33). The van der Waals surface area contributed by atoms with Gasteiger partial charge in [-0.05, 0) is 19.4 Å². The van der Waals surface area contributed by atoms with Crippen LogP contribution in [0.3, 0.4) is 0 Å². The zero-order valence-corrected chi connectivity index (χ0v) is 22.0. The predicted molar refractivity (Wildman–Crippen MR) is 138 cm³/mol. The van der Waals surface area contributed by atoms with Crippen LogP contribution in [0.15, 0.2) is 0 Å². The SMILES string of the molecule is CCCCCCCCCCCCCCCCNCC(=O)N1CCNC(=O)C1CC(=O)OCCC. The van der Waals surface area contributed by atoms with Gasteiger partial charge < -0.3 is 20.3 Å². The number of piperazine rings is 1. The van der Waals surface area contributed by atoms with E-state index in [1.54, 1.807) is 0 Å². The third-order valence-electron chi connectivity index (χ3n) is 6.46. The Morgan fingerprint density at radius 1 is 0.882 bits per heavy atom. The lowest BCUT2D eigenvalue weighted by atomic mass is 10.0. The van der Waals surface area contributed by atoms with Crippen molar-refractivity contribution >= 4 is 17.8 Å². The van der Waals surface area contributed by atoms with E-state index in [2.05, 4.69) is 17.6 Å². The van der Waals surface area contributed by atoms with Gasteiger partial charge in [-0.25, -0.2) is 0 Å². The fourth-order valence-corrected chi connectivity index (χ4v) is 4.39. The van der Waals surface area contributed by atoms with Gasteiger partial charge in [0.2, 0.25) is 11.8 Å². The number of esters is 1. The predicted octanol–water partition coefficient (Wildman–Crippen LogP) is 4.73. The first-order valence-electron chi connectivity index (χ1n) is 14.0. The van der Waals surface area contributed by atoms with Crippen LogP contribution >= 0.6 is 0 Å². The number of hydrogen-bond acceptors (Lipinski definition) is 5. The quantitative estimate of drug-likeness (QED) is 0.183. The number of ether oxygens (including phenoxy) is 1. The second-order valence-electron chi connectivity index (χ2n) is 9.59. The van der Waals surface area contributed by atoms with Gasteiger partial charge in [-0.1, -0.05) is 97.3 Å². The molecule has 0 radical (unpaired) electrons. The fourth-order valence-electron chi connectivity index (χ4n) is 4.39. The van der Waals surface area contributed by atoms with Crippen molar-refractivity contribution < 1.29 is 19.1 Å². The molecule has 1 fully saturated rings. The molecule has 1 saturated heterocycles. The summed E-state index contributed by atoms with van der Waals surface area (Å²) in [4.78, 5) is 38.3. The molecule has 7 heteroatoms. The van der Waals surface area contributed by atoms with Crippen LogP contribution in [0, 0.1) is 0 Å². The summed E-state index contributed by atoms with van der Waals surface area (Å²) in [6.45, 7) is 6.37. The van der Waals surface area contributed by atoms with Crippen LogP contribution < -0.4 is 10.6 Å². The van der Waals surface area contributed by atoms with Crippen LogP contribution in [0.1, 0.15) is 117 Å². The Morgan fingerprint density at radius 2 is 1.44 bits per heavy atom. The van der Waals surface area contributed by atoms with E-state index < -0.39 is 12.0 Å². The minimum absolute atomic E-state index is 0.0868. The minimum atomic E-state index is -0.770. The van der Waals surface area contributed by atoms with Gasteiger partial charge >= 0.3 is 5.97 Å². The average Bonchev–Trinajstić information content (AvgIpc) is 2.83. The Morgan fingerprint density at radius 3 is 2.00 bits per heavy atom. The van der Waals surface area contributed by atoms with Crippen molar-refractivity contribution in [3.05, 3.63) is 0 Å². The van der Waals surface area contributed by atoms with Crippen molar-refractivity contribution in [1.82, 2.24) is 15.5 Å². The summed E-state index contributed by atoms with van der Waals surface area (Å²) in [7, 11) is 0. The van der Waals surface area contributed by atoms with E-state index in [1.807, 2.05) is 6.92 Å². The smallest absolute Gasteiger partial charge is 0.308 e. The topological polar surface area (TPSA) is 87.7 Å². The Bertz CT molecular complexity index is 556. The van der Waals surface area contributed by atoms with Gasteiger partial charge in [-0.2, -0.15) is 0 Å². The maximum Gasteiger partial charge on any atom is 0.308 e. The summed E-state index contributed by atoms with van der Waals surface area (Å²) in [6.07, 6.45) is 19.2. The Labute approximate surface area is 208 Å². The molecule has 1 aliphatic heterocycles. The van der Waals surface area contributed by atoms with Crippen molar-refractivity contribution in [3.8, 4) is 0 Å². The molecule has 0 spiro atoms. The van der Waals surface area contributed by atoms with Crippen molar-refractivity contribution in [3.63, 3.8) is 0 Å². The molecule has 0 aromatic carbocycles. The molecule has 2 amide bonds. The van der Waals surface area contributed by atoms with E-state index in [1.165, 1.54) is 88.4 Å². The summed E-state index contributed by atoms with van der Waals surface area (Å²) in [6, 6.07) is -0.770. The van der Waals surface area contributed by atoms with Crippen molar-refractivity contribution in [2.75, 3.05) is 32.8 Å². The average molecular weight is 482 g/mol. The highest BCUT2D eigenvalue weighted by Crippen LogP contribution is 2.13. The summed E-state index contributed by atoms with van der Waals surface area (Å²) in [5.41, 5.74) is 0. The molecule has 7 nitrogen and oxygen atoms in total. The van der Waals surface area contributed by atoms with Gasteiger partial charge in [-0.3, -0.25) is 14.4 Å². The van der Waals surface area contributed by atoms with Crippen LogP contribution in [-0.4, -0.2) is 61.5 Å². The lowest BCUT2D eigenvalue weighted by Crippen LogP contribution is -2.59. The summed E-state index contributed by atoms with van der Waals surface area (Å²) in [5.74, 6) is -0.842. The van der Waals surface area contributed by atoms with E-state index in [9.17, 15) is 14.4 Å². The Balaban J connectivity index is 2.03. The second kappa shape index (κ2) is 20.7. The number of carbonyl (C=O) groups excluding carboxylic acids is 3. The molecule has 34 heavy (non-hydrogen) atoms. The molecule has 0 aromatic heterocycles. The molecule has 1 atom stereocenters. The molecule has 0 saturated carbocycles. The molecular formula is C27H51N3O4. The van der Waals surface area contributed by atoms with Crippen LogP contribution in [0.25, 0.3) is 0 Å². The van der Waals surface area contributed by atoms with E-state index in [-0.39, 0.29) is 24.8 Å². The first kappa shape index (κ1) is 30.4. The van der Waals surface area contributed by atoms with Gasteiger partial charge in [0.25, 0.3) is 0 Å². The monoisotopic (exact) mass is 481 g/mol. The maximum atomic E-state index is 12.6. The lowest BCUT2D eigenvalue weighted by Gasteiger charge is -2.34. The fraction of sp³-hybridized carbons (Fsp3) is 0.889. The molecule has 0 aliphatic carbocycles. The van der Waals surface area contributed by atoms with Gasteiger partial charge in [0.15, 0.2) is 0 Å². The summed E-state index contributed by atoms with van der Waals surface area (Å²) in [5, 5.41) is 5.95. The molecule has 0 aromatic rings. The number of carbonyl (C=O) groups is 3. The number of amides is 2. The third kappa shape index (κ3) is 14.6. The Kier molecular flexibility index (Phi) is 18.5. The Hall–Kier alpha value is -1.63. The molecule has 1 aliphatic rings. The van der Waals surface area contributed by atoms with Crippen LogP contribution in [0.5, 0.6) is 0 Å². The number of nitrogens with one attached hydrogen (secondary N) is 2. The number of hydrogen-bond donors (Lipinski definition) is 2. The van der Waals surface area contributed by atoms with Crippen molar-refractivity contribution in [2.24, 2.45) is 0 Å². The first-order valence-corrected chi connectivity index (χ1v) is 14.0. The molecule has 0 bridgehead atoms. The number of nitrogens with zero attached hydrogens (tertiary/aromatic N) is 1. The molecule has 1 heterocycles. The van der Waals surface area contributed by atoms with E-state index in [0.29, 0.717) is 19.7 Å². The lowest BCUT2D eigenvalue weighted by molar-refractivity contribution is -0.151. The highest BCUT2D eigenvalue weighted by atomic mass is 16.5. The second-order valence-corrected chi connectivity index (χ2v) is 9.59. The van der Waals surface area contributed by atoms with Gasteiger partial charge in [0.05, 0.1) is 19.6 Å². The third-order valence-corrected chi connectivity index (χ3v) is 6.46. The normalized spacial score (nSPS) is 15.9. The van der Waals surface area contributed by atoms with E-state index >= 15 is 0 Å². The summed E-state index contributed by atoms with van der Waals surface area (Å²) >= 11 is 0. The van der Waals surface area contributed by atoms with Crippen LogP contribution in [0.2, 0.25) is 0 Å². The van der Waals surface area contributed by atoms with Crippen molar-refractivity contribution in [1.29, 1.82) is 0 Å². The molecular weight excluding hydrogens is 430 g/mol. The minimum Gasteiger partial charge on any atom is -0.466 e. The zero-order valence-electron chi connectivity index (χ0n) is 22.0. The first-order chi connectivity index (χ1) is 16.6. The highest BCUT2D eigenvalue weighted by molar-refractivity contribution is 5.92. The zero-order chi connectivity index (χ0) is 24.9. The van der Waals surface area contributed by atoms with Crippen LogP contribution in [0.4, 0.5) is 0 Å². The number of rotatable bonds is 21. The molecule has 1 unspecified atom stereocenters.